The van der Waals surface area contributed by atoms with Crippen LogP contribution in [0.1, 0.15) is 48.2 Å². The summed E-state index contributed by atoms with van der Waals surface area (Å²) in [5.74, 6) is 2.01. The summed E-state index contributed by atoms with van der Waals surface area (Å²) in [5, 5.41) is 2.03. The zero-order valence-electron chi connectivity index (χ0n) is 20.0. The average Bonchev–Trinajstić information content (AvgIpc) is 3.36. The van der Waals surface area contributed by atoms with Gasteiger partial charge in [-0.2, -0.15) is 4.98 Å². The van der Waals surface area contributed by atoms with Gasteiger partial charge in [0.25, 0.3) is 0 Å². The van der Waals surface area contributed by atoms with Gasteiger partial charge in [0.1, 0.15) is 5.82 Å². The van der Waals surface area contributed by atoms with Crippen LogP contribution in [0.2, 0.25) is 0 Å². The quantitative estimate of drug-likeness (QED) is 0.672. The number of piperazine rings is 1. The lowest BCUT2D eigenvalue weighted by Gasteiger charge is -2.41. The summed E-state index contributed by atoms with van der Waals surface area (Å²) in [6, 6.07) is 4.82. The highest BCUT2D eigenvalue weighted by atomic mass is 32.1. The Kier molecular flexibility index (Phi) is 6.83. The van der Waals surface area contributed by atoms with E-state index in [4.69, 9.17) is 9.97 Å². The molecule has 1 saturated heterocycles. The summed E-state index contributed by atoms with van der Waals surface area (Å²) >= 11 is 1.65. The van der Waals surface area contributed by atoms with Gasteiger partial charge in [-0.15, -0.1) is 11.3 Å². The summed E-state index contributed by atoms with van der Waals surface area (Å²) < 4.78 is 0. The van der Waals surface area contributed by atoms with Crippen molar-refractivity contribution in [3.8, 4) is 0 Å². The van der Waals surface area contributed by atoms with Gasteiger partial charge in [0.15, 0.2) is 0 Å². The van der Waals surface area contributed by atoms with Crippen molar-refractivity contribution in [2.24, 2.45) is 0 Å². The molecule has 1 saturated carbocycles. The Hall–Kier alpha value is -2.19. The van der Waals surface area contributed by atoms with Crippen LogP contribution >= 0.6 is 11.3 Å². The zero-order valence-corrected chi connectivity index (χ0v) is 20.8. The fourth-order valence-corrected chi connectivity index (χ4v) is 6.21. The molecule has 2 fully saturated rings. The molecule has 2 aromatic rings. The third kappa shape index (κ3) is 5.01. The van der Waals surface area contributed by atoms with Gasteiger partial charge in [-0.25, -0.2) is 4.98 Å². The summed E-state index contributed by atoms with van der Waals surface area (Å²) in [6.45, 7) is 5.53. The van der Waals surface area contributed by atoms with E-state index in [9.17, 15) is 4.79 Å². The first-order valence-electron chi connectivity index (χ1n) is 12.4. The first-order valence-corrected chi connectivity index (χ1v) is 13.3. The molecule has 0 spiro atoms. The predicted molar refractivity (Wildman–Crippen MR) is 134 cm³/mol. The smallest absolute Gasteiger partial charge is 0.228 e. The van der Waals surface area contributed by atoms with Crippen LogP contribution in [0.3, 0.4) is 0 Å². The van der Waals surface area contributed by atoms with E-state index < -0.39 is 0 Å². The molecule has 178 valence electrons. The first kappa shape index (κ1) is 22.6. The molecule has 33 heavy (non-hydrogen) atoms. The van der Waals surface area contributed by atoms with E-state index in [1.807, 2.05) is 36.5 Å². The van der Waals surface area contributed by atoms with E-state index in [-0.39, 0.29) is 5.91 Å². The lowest BCUT2D eigenvalue weighted by molar-refractivity contribution is -0.131. The van der Waals surface area contributed by atoms with Gasteiger partial charge in [0.05, 0.1) is 18.7 Å². The number of carbonyl (C=O) groups is 1. The molecule has 8 heteroatoms. The van der Waals surface area contributed by atoms with Crippen molar-refractivity contribution in [2.75, 3.05) is 56.6 Å². The van der Waals surface area contributed by atoms with Gasteiger partial charge in [0.2, 0.25) is 11.9 Å². The number of carbonyl (C=O) groups excluding carboxylic acids is 1. The van der Waals surface area contributed by atoms with Crippen molar-refractivity contribution in [1.82, 2.24) is 19.8 Å². The lowest BCUT2D eigenvalue weighted by atomic mass is 9.94. The topological polar surface area (TPSA) is 55.8 Å². The number of hydrogen-bond acceptors (Lipinski definition) is 7. The number of nitrogens with zero attached hydrogens (tertiary/aromatic N) is 6. The van der Waals surface area contributed by atoms with Crippen molar-refractivity contribution in [1.29, 1.82) is 0 Å². The van der Waals surface area contributed by atoms with E-state index in [2.05, 4.69) is 14.7 Å². The molecule has 1 aliphatic carbocycles. The number of rotatable bonds is 5. The highest BCUT2D eigenvalue weighted by Crippen LogP contribution is 2.30. The van der Waals surface area contributed by atoms with Crippen LogP contribution in [-0.2, 0) is 24.2 Å². The molecule has 0 aromatic carbocycles. The third-order valence-electron chi connectivity index (χ3n) is 7.40. The number of fused-ring (bicyclic) bond motifs is 1. The number of thiophene rings is 1. The molecule has 0 unspecified atom stereocenters. The number of hydrogen-bond donors (Lipinski definition) is 0. The minimum Gasteiger partial charge on any atom is -0.362 e. The van der Waals surface area contributed by atoms with Crippen molar-refractivity contribution in [3.63, 3.8) is 0 Å². The number of aromatic nitrogens is 2. The standard InChI is InChI=1S/C25H36N6OS/c1-28(2)24-21-18-31(23(32)17-20-9-6-16-33-20)11-10-22(21)26-25(27-24)30-14-12-29(13-15-30)19-7-4-3-5-8-19/h6,9,16,19H,3-5,7-8,10-15,17-18H2,1-2H3. The van der Waals surface area contributed by atoms with Crippen molar-refractivity contribution in [2.45, 2.75) is 57.5 Å². The molecule has 0 bridgehead atoms. The van der Waals surface area contributed by atoms with Gasteiger partial charge in [0, 0.05) is 69.7 Å². The van der Waals surface area contributed by atoms with Gasteiger partial charge in [-0.3, -0.25) is 9.69 Å². The summed E-state index contributed by atoms with van der Waals surface area (Å²) in [4.78, 5) is 33.1. The molecule has 2 aromatic heterocycles. The predicted octanol–water partition coefficient (Wildman–Crippen LogP) is 3.19. The second-order valence-electron chi connectivity index (χ2n) is 9.80. The largest absolute Gasteiger partial charge is 0.362 e. The highest BCUT2D eigenvalue weighted by Gasteiger charge is 2.30. The normalized spacial score (nSPS) is 20.1. The Morgan fingerprint density at radius 3 is 2.58 bits per heavy atom. The first-order chi connectivity index (χ1) is 16.1. The molecule has 7 nitrogen and oxygen atoms in total. The second-order valence-corrected chi connectivity index (χ2v) is 10.8. The van der Waals surface area contributed by atoms with Crippen LogP contribution < -0.4 is 9.80 Å². The Labute approximate surface area is 201 Å². The van der Waals surface area contributed by atoms with Crippen LogP contribution in [0.15, 0.2) is 17.5 Å². The molecule has 0 radical (unpaired) electrons. The van der Waals surface area contributed by atoms with E-state index in [0.717, 1.165) is 73.1 Å². The molecular weight excluding hydrogens is 432 g/mol. The maximum Gasteiger partial charge on any atom is 0.228 e. The number of anilines is 2. The fourth-order valence-electron chi connectivity index (χ4n) is 5.52. The van der Waals surface area contributed by atoms with Gasteiger partial charge < -0.3 is 14.7 Å². The van der Waals surface area contributed by atoms with Crippen LogP contribution in [0.25, 0.3) is 0 Å². The minimum atomic E-state index is 0.190. The van der Waals surface area contributed by atoms with Gasteiger partial charge in [-0.05, 0) is 24.3 Å². The van der Waals surface area contributed by atoms with Crippen molar-refractivity contribution >= 4 is 29.0 Å². The molecule has 0 atom stereocenters. The van der Waals surface area contributed by atoms with Crippen molar-refractivity contribution in [3.05, 3.63) is 33.6 Å². The molecule has 3 aliphatic rings. The van der Waals surface area contributed by atoms with Gasteiger partial charge >= 0.3 is 0 Å². The van der Waals surface area contributed by atoms with E-state index in [0.29, 0.717) is 13.0 Å². The lowest BCUT2D eigenvalue weighted by Crippen LogP contribution is -2.51. The minimum absolute atomic E-state index is 0.190. The van der Waals surface area contributed by atoms with Crippen LogP contribution in [0.5, 0.6) is 0 Å². The molecule has 4 heterocycles. The Morgan fingerprint density at radius 2 is 1.88 bits per heavy atom. The highest BCUT2D eigenvalue weighted by molar-refractivity contribution is 7.10. The fraction of sp³-hybridized carbons (Fsp3) is 0.640. The van der Waals surface area contributed by atoms with Crippen LogP contribution in [0.4, 0.5) is 11.8 Å². The van der Waals surface area contributed by atoms with Crippen LogP contribution in [-0.4, -0.2) is 78.5 Å². The molecule has 1 amide bonds. The number of amides is 1. The average molecular weight is 469 g/mol. The van der Waals surface area contributed by atoms with Crippen LogP contribution in [0, 0.1) is 0 Å². The molecule has 2 aliphatic heterocycles. The Bertz CT molecular complexity index is 948. The molecule has 0 N–H and O–H groups in total. The molecular formula is C25H36N6OS. The maximum absolute atomic E-state index is 12.9. The SMILES string of the molecule is CN(C)c1nc(N2CCN(C3CCCCC3)CC2)nc2c1CN(C(=O)Cc1cccs1)CC2. The molecule has 5 rings (SSSR count). The summed E-state index contributed by atoms with van der Waals surface area (Å²) in [5.41, 5.74) is 2.22. The third-order valence-corrected chi connectivity index (χ3v) is 8.27. The Balaban J connectivity index is 1.28. The van der Waals surface area contributed by atoms with E-state index in [1.165, 1.54) is 32.1 Å². The second kappa shape index (κ2) is 9.97. The zero-order chi connectivity index (χ0) is 22.8. The Morgan fingerprint density at radius 1 is 1.09 bits per heavy atom. The maximum atomic E-state index is 12.9. The van der Waals surface area contributed by atoms with E-state index in [1.54, 1.807) is 11.3 Å². The van der Waals surface area contributed by atoms with E-state index >= 15 is 0 Å². The summed E-state index contributed by atoms with van der Waals surface area (Å²) in [6.07, 6.45) is 8.18. The summed E-state index contributed by atoms with van der Waals surface area (Å²) in [7, 11) is 4.08. The monoisotopic (exact) mass is 468 g/mol. The van der Waals surface area contributed by atoms with Gasteiger partial charge in [-0.1, -0.05) is 25.3 Å². The van der Waals surface area contributed by atoms with Crippen molar-refractivity contribution < 1.29 is 4.79 Å².